The minimum Gasteiger partial charge on any atom is -0.493 e. The molecule has 1 saturated heterocycles. The van der Waals surface area contributed by atoms with Gasteiger partial charge in [0.25, 0.3) is 0 Å². The van der Waals surface area contributed by atoms with Gasteiger partial charge in [-0.1, -0.05) is 12.2 Å². The number of hydrogen-bond donors (Lipinski definition) is 0. The summed E-state index contributed by atoms with van der Waals surface area (Å²) < 4.78 is 16.3. The molecule has 2 rings (SSSR count). The molecule has 0 radical (unpaired) electrons. The summed E-state index contributed by atoms with van der Waals surface area (Å²) in [5.41, 5.74) is 0.971. The first kappa shape index (κ1) is 15.1. The summed E-state index contributed by atoms with van der Waals surface area (Å²) in [6.45, 7) is 5.77. The first-order valence-electron chi connectivity index (χ1n) is 6.72. The topological polar surface area (TPSA) is 30.9 Å². The molecule has 0 unspecified atom stereocenters. The Hall–Kier alpha value is -1.33. The summed E-state index contributed by atoms with van der Waals surface area (Å²) >= 11 is 5.61. The van der Waals surface area contributed by atoms with E-state index in [1.165, 1.54) is 0 Å². The number of morpholine rings is 1. The maximum absolute atomic E-state index is 5.74. The van der Waals surface area contributed by atoms with Crippen molar-refractivity contribution in [3.8, 4) is 11.5 Å². The Balaban J connectivity index is 2.20. The van der Waals surface area contributed by atoms with Crippen LogP contribution in [0.4, 0.5) is 0 Å². The molecule has 0 bridgehead atoms. The van der Waals surface area contributed by atoms with E-state index in [2.05, 4.69) is 18.7 Å². The largest absolute Gasteiger partial charge is 0.493 e. The van der Waals surface area contributed by atoms with Crippen LogP contribution >= 0.6 is 12.2 Å². The van der Waals surface area contributed by atoms with Gasteiger partial charge < -0.3 is 19.1 Å². The monoisotopic (exact) mass is 295 g/mol. The lowest BCUT2D eigenvalue weighted by Gasteiger charge is -2.37. The maximum atomic E-state index is 5.74. The second-order valence-electron chi connectivity index (χ2n) is 5.04. The Kier molecular flexibility index (Phi) is 4.83. The van der Waals surface area contributed by atoms with Crippen molar-refractivity contribution in [1.29, 1.82) is 0 Å². The second-order valence-corrected chi connectivity index (χ2v) is 5.42. The van der Waals surface area contributed by atoms with Gasteiger partial charge in [-0.15, -0.1) is 0 Å². The Morgan fingerprint density at radius 3 is 2.30 bits per heavy atom. The van der Waals surface area contributed by atoms with Gasteiger partial charge in [0.05, 0.1) is 26.4 Å². The van der Waals surface area contributed by atoms with E-state index in [-0.39, 0.29) is 12.2 Å². The van der Waals surface area contributed by atoms with Crippen LogP contribution < -0.4 is 9.47 Å². The molecule has 2 atom stereocenters. The van der Waals surface area contributed by atoms with Crippen LogP contribution in [0.15, 0.2) is 18.2 Å². The molecule has 0 amide bonds. The third kappa shape index (κ3) is 3.22. The molecule has 1 aromatic rings. The molecule has 0 saturated carbocycles. The summed E-state index contributed by atoms with van der Waals surface area (Å²) in [6.07, 6.45) is 0.383. The zero-order valence-electron chi connectivity index (χ0n) is 12.4. The summed E-state index contributed by atoms with van der Waals surface area (Å²) in [5, 5.41) is 0. The van der Waals surface area contributed by atoms with Crippen LogP contribution in [-0.4, -0.2) is 49.4 Å². The van der Waals surface area contributed by atoms with Gasteiger partial charge in [-0.05, 0) is 32.0 Å². The van der Waals surface area contributed by atoms with Crippen molar-refractivity contribution in [2.75, 3.05) is 27.3 Å². The van der Waals surface area contributed by atoms with Gasteiger partial charge in [0.2, 0.25) is 0 Å². The number of ether oxygens (including phenoxy) is 3. The minimum atomic E-state index is 0.192. The van der Waals surface area contributed by atoms with Crippen molar-refractivity contribution in [2.24, 2.45) is 0 Å². The van der Waals surface area contributed by atoms with E-state index in [1.807, 2.05) is 18.2 Å². The molecule has 0 spiro atoms. The van der Waals surface area contributed by atoms with Crippen LogP contribution in [0.5, 0.6) is 11.5 Å². The highest BCUT2D eigenvalue weighted by Crippen LogP contribution is 2.28. The lowest BCUT2D eigenvalue weighted by Crippen LogP contribution is -2.47. The van der Waals surface area contributed by atoms with Crippen molar-refractivity contribution >= 4 is 17.2 Å². The predicted molar refractivity (Wildman–Crippen MR) is 82.8 cm³/mol. The lowest BCUT2D eigenvalue weighted by atomic mass is 10.1. The molecule has 0 aliphatic carbocycles. The molecule has 0 N–H and O–H groups in total. The summed E-state index contributed by atoms with van der Waals surface area (Å²) in [6, 6.07) is 5.77. The van der Waals surface area contributed by atoms with Gasteiger partial charge in [0.1, 0.15) is 4.99 Å². The van der Waals surface area contributed by atoms with Gasteiger partial charge in [0, 0.05) is 18.7 Å². The van der Waals surface area contributed by atoms with Gasteiger partial charge in [-0.2, -0.15) is 0 Å². The SMILES string of the molecule is COc1ccc(C(=S)N2C[C@@H](C)O[C@@H](C)C2)cc1OC. The number of thiocarbonyl (C=S) groups is 1. The fraction of sp³-hybridized carbons (Fsp3) is 0.533. The van der Waals surface area contributed by atoms with Crippen LogP contribution in [0, 0.1) is 0 Å². The second kappa shape index (κ2) is 6.41. The molecule has 5 heteroatoms. The fourth-order valence-electron chi connectivity index (χ4n) is 2.50. The highest BCUT2D eigenvalue weighted by Gasteiger charge is 2.24. The van der Waals surface area contributed by atoms with Crippen molar-refractivity contribution in [1.82, 2.24) is 4.90 Å². The number of nitrogens with zero attached hydrogens (tertiary/aromatic N) is 1. The zero-order chi connectivity index (χ0) is 14.7. The highest BCUT2D eigenvalue weighted by molar-refractivity contribution is 7.80. The summed E-state index contributed by atoms with van der Waals surface area (Å²) in [4.78, 5) is 3.02. The standard InChI is InChI=1S/C15H21NO3S/c1-10-8-16(9-11(2)19-10)15(20)12-5-6-13(17-3)14(7-12)18-4/h5-7,10-11H,8-9H2,1-4H3/t10-,11+. The maximum Gasteiger partial charge on any atom is 0.161 e. The quantitative estimate of drug-likeness (QED) is 0.800. The van der Waals surface area contributed by atoms with Crippen LogP contribution in [0.3, 0.4) is 0 Å². The Labute approximate surface area is 125 Å². The molecular formula is C15H21NO3S. The van der Waals surface area contributed by atoms with E-state index >= 15 is 0 Å². The third-order valence-corrected chi connectivity index (χ3v) is 3.83. The Morgan fingerprint density at radius 2 is 1.75 bits per heavy atom. The van der Waals surface area contributed by atoms with E-state index in [1.54, 1.807) is 14.2 Å². The van der Waals surface area contributed by atoms with Gasteiger partial charge in [0.15, 0.2) is 11.5 Å². The first-order chi connectivity index (χ1) is 9.55. The van der Waals surface area contributed by atoms with Crippen LogP contribution in [0.2, 0.25) is 0 Å². The van der Waals surface area contributed by atoms with E-state index in [0.717, 1.165) is 23.6 Å². The number of methoxy groups -OCH3 is 2. The van der Waals surface area contributed by atoms with E-state index < -0.39 is 0 Å². The Morgan fingerprint density at radius 1 is 1.15 bits per heavy atom. The molecule has 1 aromatic carbocycles. The third-order valence-electron chi connectivity index (χ3n) is 3.34. The summed E-state index contributed by atoms with van der Waals surface area (Å²) in [5.74, 6) is 1.41. The van der Waals surface area contributed by atoms with Crippen LogP contribution in [-0.2, 0) is 4.74 Å². The van der Waals surface area contributed by atoms with Gasteiger partial charge in [-0.25, -0.2) is 0 Å². The predicted octanol–water partition coefficient (Wildman–Crippen LogP) is 2.49. The van der Waals surface area contributed by atoms with Crippen molar-refractivity contribution < 1.29 is 14.2 Å². The molecule has 0 aromatic heterocycles. The molecule has 4 nitrogen and oxygen atoms in total. The molecule has 110 valence electrons. The molecule has 1 fully saturated rings. The van der Waals surface area contributed by atoms with E-state index in [0.29, 0.717) is 11.5 Å². The number of benzene rings is 1. The molecule has 1 heterocycles. The van der Waals surface area contributed by atoms with Crippen LogP contribution in [0.25, 0.3) is 0 Å². The average molecular weight is 295 g/mol. The first-order valence-corrected chi connectivity index (χ1v) is 7.12. The molecule has 1 aliphatic rings. The molecule has 1 aliphatic heterocycles. The van der Waals surface area contributed by atoms with Gasteiger partial charge >= 0.3 is 0 Å². The van der Waals surface area contributed by atoms with Crippen LogP contribution in [0.1, 0.15) is 19.4 Å². The normalized spacial score (nSPS) is 22.5. The van der Waals surface area contributed by atoms with Gasteiger partial charge in [-0.3, -0.25) is 0 Å². The fourth-order valence-corrected chi connectivity index (χ4v) is 2.77. The van der Waals surface area contributed by atoms with Crippen molar-refractivity contribution in [2.45, 2.75) is 26.1 Å². The van der Waals surface area contributed by atoms with Crippen molar-refractivity contribution in [3.05, 3.63) is 23.8 Å². The lowest BCUT2D eigenvalue weighted by molar-refractivity contribution is -0.0472. The van der Waals surface area contributed by atoms with E-state index in [9.17, 15) is 0 Å². The zero-order valence-corrected chi connectivity index (χ0v) is 13.2. The smallest absolute Gasteiger partial charge is 0.161 e. The number of rotatable bonds is 3. The van der Waals surface area contributed by atoms with E-state index in [4.69, 9.17) is 26.4 Å². The Bertz CT molecular complexity index is 482. The molecular weight excluding hydrogens is 274 g/mol. The summed E-state index contributed by atoms with van der Waals surface area (Å²) in [7, 11) is 3.25. The highest BCUT2D eigenvalue weighted by atomic mass is 32.1. The molecule has 20 heavy (non-hydrogen) atoms. The average Bonchev–Trinajstić information content (AvgIpc) is 2.44. The van der Waals surface area contributed by atoms with Crippen molar-refractivity contribution in [3.63, 3.8) is 0 Å². The number of hydrogen-bond acceptors (Lipinski definition) is 4. The minimum absolute atomic E-state index is 0.192.